The second kappa shape index (κ2) is 7.08. The first-order valence-corrected chi connectivity index (χ1v) is 10.4. The lowest BCUT2D eigenvalue weighted by molar-refractivity contribution is 0.669. The molecule has 33 heavy (non-hydrogen) atoms. The molecule has 7 aromatic rings. The lowest BCUT2D eigenvalue weighted by Crippen LogP contribution is -1.91. The first kappa shape index (κ1) is 10.5. The molecule has 0 saturated carbocycles. The van der Waals surface area contributed by atoms with Gasteiger partial charge < -0.3 is 4.42 Å². The Hall–Kier alpha value is -4.36. The number of para-hydroxylation sites is 1. The zero-order chi connectivity index (χ0) is 31.4. The predicted octanol–water partition coefficient (Wildman–Crippen LogP) is 9.23. The summed E-state index contributed by atoms with van der Waals surface area (Å²) in [5, 5.41) is 1.81. The van der Waals surface area contributed by atoms with Gasteiger partial charge in [0.25, 0.3) is 0 Å². The first-order valence-electron chi connectivity index (χ1n) is 15.9. The Morgan fingerprint density at radius 2 is 1.09 bits per heavy atom. The lowest BCUT2D eigenvalue weighted by Gasteiger charge is -2.18. The van der Waals surface area contributed by atoms with Crippen LogP contribution in [0.1, 0.15) is 15.1 Å². The molecule has 6 aromatic carbocycles. The highest BCUT2D eigenvalue weighted by Crippen LogP contribution is 2.46. The zero-order valence-electron chi connectivity index (χ0n) is 28.1. The summed E-state index contributed by atoms with van der Waals surface area (Å²) in [4.78, 5) is 0. The van der Waals surface area contributed by atoms with Gasteiger partial charge in [-0.15, -0.1) is 0 Å². The van der Waals surface area contributed by atoms with Crippen molar-refractivity contribution in [3.05, 3.63) is 121 Å². The predicted molar refractivity (Wildman–Crippen MR) is 140 cm³/mol. The summed E-state index contributed by atoms with van der Waals surface area (Å²) in [6.07, 6.45) is 0. The van der Waals surface area contributed by atoms with Crippen LogP contribution >= 0.6 is 0 Å². The van der Waals surface area contributed by atoms with Crippen LogP contribution in [-0.4, -0.2) is 0 Å². The summed E-state index contributed by atoms with van der Waals surface area (Å²) < 4.78 is 100. The van der Waals surface area contributed by atoms with E-state index in [9.17, 15) is 0 Å². The number of hydrogen-bond acceptors (Lipinski definition) is 1. The van der Waals surface area contributed by atoms with E-state index in [2.05, 4.69) is 0 Å². The second-order valence-corrected chi connectivity index (χ2v) is 7.69. The van der Waals surface area contributed by atoms with Crippen LogP contribution in [0.25, 0.3) is 65.7 Å². The first-order chi connectivity index (χ1) is 20.9. The molecule has 0 aliphatic heterocycles. The van der Waals surface area contributed by atoms with E-state index in [0.717, 1.165) is 5.56 Å². The molecule has 154 valence electrons. The molecule has 0 unspecified atom stereocenters. The van der Waals surface area contributed by atoms with Gasteiger partial charge in [0, 0.05) is 10.8 Å². The molecule has 0 bridgehead atoms. The van der Waals surface area contributed by atoms with Crippen LogP contribution in [0.4, 0.5) is 0 Å². The Balaban J connectivity index is 1.84. The zero-order valence-corrected chi connectivity index (χ0v) is 17.1. The fourth-order valence-corrected chi connectivity index (χ4v) is 4.62. The van der Waals surface area contributed by atoms with Crippen molar-refractivity contribution in [2.75, 3.05) is 0 Å². The summed E-state index contributed by atoms with van der Waals surface area (Å²) in [5.74, 6) is 0. The molecule has 0 N–H and O–H groups in total. The highest BCUT2D eigenvalue weighted by atomic mass is 16.3. The Kier molecular flexibility index (Phi) is 2.25. The summed E-state index contributed by atoms with van der Waals surface area (Å²) in [5.41, 5.74) is 1.30. The van der Waals surface area contributed by atoms with Crippen molar-refractivity contribution in [3.63, 3.8) is 0 Å². The van der Waals surface area contributed by atoms with Crippen molar-refractivity contribution < 1.29 is 19.5 Å². The Morgan fingerprint density at radius 1 is 0.485 bits per heavy atom. The molecule has 0 radical (unpaired) electrons. The fourth-order valence-electron chi connectivity index (χ4n) is 4.62. The number of rotatable bonds is 2. The molecule has 0 atom stereocenters. The number of benzene rings is 6. The van der Waals surface area contributed by atoms with E-state index in [4.69, 9.17) is 19.5 Å². The molecule has 0 spiro atoms. The maximum Gasteiger partial charge on any atom is 0.136 e. The second-order valence-electron chi connectivity index (χ2n) is 7.69. The molecule has 0 fully saturated rings. The molecule has 0 saturated heterocycles. The van der Waals surface area contributed by atoms with E-state index in [1.807, 2.05) is 30.3 Å². The third kappa shape index (κ3) is 2.66. The maximum atomic E-state index is 9.14. The van der Waals surface area contributed by atoms with Crippen LogP contribution in [0.3, 0.4) is 0 Å². The SMILES string of the molecule is [2H]c1cc2c(-c3ccccc3)c3cc([2H])c([2H])cc3c(-c3c([2H])c([2H])c([2H])c4oc5c([2H])c([2H])c([2H])c([2H])c5c34)c2cc1[2H]. The quantitative estimate of drug-likeness (QED) is 0.249. The molecule has 1 nitrogen and oxygen atoms in total. The molecule has 0 aliphatic rings. The van der Waals surface area contributed by atoms with Crippen LogP contribution in [0.5, 0.6) is 0 Å². The summed E-state index contributed by atoms with van der Waals surface area (Å²) in [7, 11) is 0. The van der Waals surface area contributed by atoms with E-state index in [0.29, 0.717) is 27.1 Å². The molecule has 1 aromatic heterocycles. The van der Waals surface area contributed by atoms with Crippen molar-refractivity contribution in [2.45, 2.75) is 0 Å². The van der Waals surface area contributed by atoms with E-state index < -0.39 is 42.3 Å². The van der Waals surface area contributed by atoms with Gasteiger partial charge in [-0.05, 0) is 55.9 Å². The van der Waals surface area contributed by atoms with Crippen molar-refractivity contribution in [2.24, 2.45) is 0 Å². The van der Waals surface area contributed by atoms with Crippen molar-refractivity contribution in [3.8, 4) is 22.3 Å². The van der Waals surface area contributed by atoms with Gasteiger partial charge in [0.1, 0.15) is 11.2 Å². The van der Waals surface area contributed by atoms with Crippen molar-refractivity contribution >= 4 is 43.5 Å². The molecule has 1 heteroatoms. The third-order valence-electron chi connectivity index (χ3n) is 5.95. The molecular weight excluding hydrogens is 400 g/mol. The molecule has 1 heterocycles. The lowest BCUT2D eigenvalue weighted by atomic mass is 9.85. The minimum Gasteiger partial charge on any atom is -0.456 e. The van der Waals surface area contributed by atoms with Crippen LogP contribution in [0, 0.1) is 0 Å². The Bertz CT molecular complexity index is 2330. The summed E-state index contributed by atoms with van der Waals surface area (Å²) in [6, 6.07) is 11.6. The van der Waals surface area contributed by atoms with Gasteiger partial charge in [-0.3, -0.25) is 0 Å². The Morgan fingerprint density at radius 3 is 1.79 bits per heavy atom. The highest BCUT2D eigenvalue weighted by Gasteiger charge is 2.19. The minimum atomic E-state index is -0.530. The maximum absolute atomic E-state index is 9.14. The molecular formula is C32H20O. The third-order valence-corrected chi connectivity index (χ3v) is 5.95. The number of furan rings is 1. The van der Waals surface area contributed by atoms with E-state index >= 15 is 0 Å². The fraction of sp³-hybridized carbons (Fsp3) is 0. The molecule has 0 amide bonds. The number of fused-ring (bicyclic) bond motifs is 5. The summed E-state index contributed by atoms with van der Waals surface area (Å²) >= 11 is 0. The van der Waals surface area contributed by atoms with E-state index in [1.165, 1.54) is 24.3 Å². The standard InChI is InChI=1S/C32H20O/c1-2-11-21(12-3-1)30-22-13-4-6-15-24(22)31(25-16-7-5-14-23(25)30)27-18-10-20-29-32(27)26-17-8-9-19-28(26)33-29/h1-20H/i4D,5D,6D,7D,8D,9D,10D,17D,18D,19D,20D. The van der Waals surface area contributed by atoms with E-state index in [-0.39, 0.29) is 57.2 Å². The van der Waals surface area contributed by atoms with Gasteiger partial charge in [0.2, 0.25) is 0 Å². The average Bonchev–Trinajstić information content (AvgIpc) is 3.40. The van der Waals surface area contributed by atoms with Crippen LogP contribution in [0.15, 0.2) is 125 Å². The van der Waals surface area contributed by atoms with Crippen LogP contribution in [0.2, 0.25) is 0 Å². The highest BCUT2D eigenvalue weighted by molar-refractivity contribution is 6.25. The molecule has 7 rings (SSSR count). The Labute approximate surface area is 207 Å². The van der Waals surface area contributed by atoms with Crippen LogP contribution in [-0.2, 0) is 0 Å². The van der Waals surface area contributed by atoms with Gasteiger partial charge in [-0.2, -0.15) is 0 Å². The largest absolute Gasteiger partial charge is 0.456 e. The van der Waals surface area contributed by atoms with Gasteiger partial charge in [0.15, 0.2) is 0 Å². The van der Waals surface area contributed by atoms with Crippen molar-refractivity contribution in [1.82, 2.24) is 0 Å². The molecule has 0 aliphatic carbocycles. The topological polar surface area (TPSA) is 13.1 Å². The van der Waals surface area contributed by atoms with Gasteiger partial charge in [0.05, 0.1) is 15.1 Å². The summed E-state index contributed by atoms with van der Waals surface area (Å²) in [6.45, 7) is 0. The van der Waals surface area contributed by atoms with Gasteiger partial charge in [-0.1, -0.05) is 109 Å². The van der Waals surface area contributed by atoms with Crippen LogP contribution < -0.4 is 0 Å². The minimum absolute atomic E-state index is 0.0358. The van der Waals surface area contributed by atoms with Gasteiger partial charge in [-0.25, -0.2) is 0 Å². The normalized spacial score (nSPS) is 16.3. The van der Waals surface area contributed by atoms with E-state index in [1.54, 1.807) is 0 Å². The smallest absolute Gasteiger partial charge is 0.136 e. The number of hydrogen-bond donors (Lipinski definition) is 0. The van der Waals surface area contributed by atoms with Crippen molar-refractivity contribution in [1.29, 1.82) is 0 Å². The monoisotopic (exact) mass is 431 g/mol. The van der Waals surface area contributed by atoms with Gasteiger partial charge >= 0.3 is 0 Å². The average molecular weight is 432 g/mol.